The molecule has 0 saturated heterocycles. The van der Waals surface area contributed by atoms with Crippen molar-refractivity contribution in [2.24, 2.45) is 23.7 Å². The Morgan fingerprint density at radius 3 is 1.54 bits per heavy atom. The van der Waals surface area contributed by atoms with E-state index in [9.17, 15) is 0 Å². The van der Waals surface area contributed by atoms with Gasteiger partial charge in [0, 0.05) is 5.41 Å². The van der Waals surface area contributed by atoms with Crippen molar-refractivity contribution in [3.8, 4) is 33.4 Å². The molecule has 9 aromatic rings. The van der Waals surface area contributed by atoms with Gasteiger partial charge in [0.2, 0.25) is 0 Å². The summed E-state index contributed by atoms with van der Waals surface area (Å²) in [4.78, 5) is 0. The Bertz CT molecular complexity index is 2980. The van der Waals surface area contributed by atoms with Crippen LogP contribution in [0.3, 0.4) is 0 Å². The summed E-state index contributed by atoms with van der Waals surface area (Å²) in [5, 5.41) is 13.5. The monoisotopic (exact) mass is 688 g/mol. The molecular weight excluding hydrogens is 649 g/mol. The zero-order valence-electron chi connectivity index (χ0n) is 30.4. The Hall–Kier alpha value is -5.72. The topological polar surface area (TPSA) is 0 Å². The van der Waals surface area contributed by atoms with Crippen LogP contribution in [-0.4, -0.2) is 0 Å². The van der Waals surface area contributed by atoms with Crippen LogP contribution in [0.2, 0.25) is 0 Å². The molecular formula is C54H40. The van der Waals surface area contributed by atoms with Gasteiger partial charge in [-0.3, -0.25) is 0 Å². The fourth-order valence-corrected chi connectivity index (χ4v) is 13.1. The van der Waals surface area contributed by atoms with E-state index in [0.717, 1.165) is 11.8 Å². The summed E-state index contributed by atoms with van der Waals surface area (Å²) < 4.78 is 0. The molecule has 256 valence electrons. The standard InChI is InChI=1S/C54H40/c1-2-13-36-30-38(22-21-34(36)11-1)49-43-17-7-9-19-45(43)50(46-20-10-8-18-44(46)49)47-31-37-14-4-6-16-42(37)53-52(47)51-41-15-5-3-12-35(41)23-24-48(51)54(53)39-26-32-25-33(28-39)29-40(54)27-32/h1-24,30-33,39-40H,25-29H2. The van der Waals surface area contributed by atoms with Gasteiger partial charge in [0.05, 0.1) is 0 Å². The molecule has 0 aromatic heterocycles. The highest BCUT2D eigenvalue weighted by molar-refractivity contribution is 6.25. The molecule has 1 spiro atoms. The second kappa shape index (κ2) is 10.7. The molecule has 4 fully saturated rings. The lowest BCUT2D eigenvalue weighted by molar-refractivity contribution is -0.0393. The zero-order valence-corrected chi connectivity index (χ0v) is 30.4. The Morgan fingerprint density at radius 2 is 0.870 bits per heavy atom. The van der Waals surface area contributed by atoms with Gasteiger partial charge in [-0.1, -0.05) is 146 Å². The minimum atomic E-state index is 0.0500. The van der Waals surface area contributed by atoms with E-state index in [0.29, 0.717) is 11.8 Å². The molecule has 0 heterocycles. The van der Waals surface area contributed by atoms with E-state index in [4.69, 9.17) is 0 Å². The molecule has 4 bridgehead atoms. The summed E-state index contributed by atoms with van der Waals surface area (Å²) in [5.74, 6) is 3.18. The first kappa shape index (κ1) is 29.7. The number of hydrogen-bond donors (Lipinski definition) is 0. The highest BCUT2D eigenvalue weighted by atomic mass is 14.7. The predicted octanol–water partition coefficient (Wildman–Crippen LogP) is 14.5. The number of rotatable bonds is 2. The van der Waals surface area contributed by atoms with Gasteiger partial charge in [0.1, 0.15) is 0 Å². The third-order valence-electron chi connectivity index (χ3n) is 14.8. The smallest absolute Gasteiger partial charge is 0.0278 e. The summed E-state index contributed by atoms with van der Waals surface area (Å²) in [6.07, 6.45) is 6.98. The summed E-state index contributed by atoms with van der Waals surface area (Å²) >= 11 is 0. The number of hydrogen-bond acceptors (Lipinski definition) is 0. The molecule has 0 amide bonds. The van der Waals surface area contributed by atoms with Crippen LogP contribution in [0.15, 0.2) is 158 Å². The first-order valence-corrected chi connectivity index (χ1v) is 20.3. The van der Waals surface area contributed by atoms with E-state index < -0.39 is 0 Å². The van der Waals surface area contributed by atoms with Gasteiger partial charge in [-0.15, -0.1) is 0 Å². The van der Waals surface area contributed by atoms with E-state index >= 15 is 0 Å². The highest BCUT2D eigenvalue weighted by Crippen LogP contribution is 2.72. The van der Waals surface area contributed by atoms with Crippen LogP contribution in [0.25, 0.3) is 87.2 Å². The average Bonchev–Trinajstić information content (AvgIpc) is 3.53. The Morgan fingerprint density at radius 1 is 0.352 bits per heavy atom. The van der Waals surface area contributed by atoms with Crippen molar-refractivity contribution in [1.82, 2.24) is 0 Å². The maximum Gasteiger partial charge on any atom is 0.0278 e. The van der Waals surface area contributed by atoms with Gasteiger partial charge in [-0.25, -0.2) is 0 Å². The second-order valence-electron chi connectivity index (χ2n) is 17.2. The van der Waals surface area contributed by atoms with Gasteiger partial charge in [-0.2, -0.15) is 0 Å². The first-order chi connectivity index (χ1) is 26.8. The fourth-order valence-electron chi connectivity index (χ4n) is 13.1. The highest BCUT2D eigenvalue weighted by Gasteiger charge is 2.62. The van der Waals surface area contributed by atoms with E-state index in [-0.39, 0.29) is 5.41 Å². The van der Waals surface area contributed by atoms with Crippen molar-refractivity contribution >= 4 is 53.9 Å². The van der Waals surface area contributed by atoms with E-state index in [2.05, 4.69) is 158 Å². The largest absolute Gasteiger partial charge is 0.0616 e. The van der Waals surface area contributed by atoms with E-state index in [1.807, 2.05) is 0 Å². The van der Waals surface area contributed by atoms with Crippen molar-refractivity contribution in [2.75, 3.05) is 0 Å². The van der Waals surface area contributed by atoms with Crippen LogP contribution in [0.1, 0.15) is 43.2 Å². The molecule has 0 radical (unpaired) electrons. The molecule has 4 saturated carbocycles. The van der Waals surface area contributed by atoms with Crippen molar-refractivity contribution in [3.63, 3.8) is 0 Å². The fraction of sp³-hybridized carbons (Fsp3) is 0.185. The van der Waals surface area contributed by atoms with Crippen LogP contribution in [0.5, 0.6) is 0 Å². The van der Waals surface area contributed by atoms with E-state index in [1.165, 1.54) is 119 Å². The normalized spacial score (nSPS) is 23.6. The van der Waals surface area contributed by atoms with Gasteiger partial charge in [-0.05, 0) is 166 Å². The maximum atomic E-state index is 2.59. The van der Waals surface area contributed by atoms with Crippen LogP contribution in [0, 0.1) is 23.7 Å². The molecule has 5 aliphatic rings. The molecule has 0 unspecified atom stereocenters. The number of fused-ring (bicyclic) bond motifs is 10. The summed E-state index contributed by atoms with van der Waals surface area (Å²) in [6.45, 7) is 0. The second-order valence-corrected chi connectivity index (χ2v) is 17.2. The third kappa shape index (κ3) is 3.74. The van der Waals surface area contributed by atoms with Crippen molar-refractivity contribution in [2.45, 2.75) is 37.5 Å². The SMILES string of the molecule is c1ccc2cc(-c3c4ccccc4c(-c4cc5ccccc5c5c4-c4c(ccc6ccccc46)C54C5CC6CC(C5)CC4C6)c4ccccc34)ccc2c1. The average molecular weight is 689 g/mol. The zero-order chi connectivity index (χ0) is 35.1. The van der Waals surface area contributed by atoms with Crippen LogP contribution < -0.4 is 0 Å². The molecule has 0 heteroatoms. The van der Waals surface area contributed by atoms with E-state index in [1.54, 1.807) is 11.1 Å². The lowest BCUT2D eigenvalue weighted by Crippen LogP contribution is -2.55. The maximum absolute atomic E-state index is 2.59. The molecule has 0 N–H and O–H groups in total. The van der Waals surface area contributed by atoms with Crippen LogP contribution >= 0.6 is 0 Å². The van der Waals surface area contributed by atoms with Gasteiger partial charge in [0.15, 0.2) is 0 Å². The van der Waals surface area contributed by atoms with Gasteiger partial charge in [0.25, 0.3) is 0 Å². The van der Waals surface area contributed by atoms with Gasteiger partial charge >= 0.3 is 0 Å². The predicted molar refractivity (Wildman–Crippen MR) is 228 cm³/mol. The molecule has 5 aliphatic carbocycles. The van der Waals surface area contributed by atoms with Crippen molar-refractivity contribution in [3.05, 3.63) is 169 Å². The van der Waals surface area contributed by atoms with Crippen molar-refractivity contribution < 1.29 is 0 Å². The Balaban J connectivity index is 1.21. The molecule has 0 aliphatic heterocycles. The minimum Gasteiger partial charge on any atom is -0.0616 e. The summed E-state index contributed by atoms with van der Waals surface area (Å²) in [6, 6.07) is 60.7. The van der Waals surface area contributed by atoms with Crippen molar-refractivity contribution in [1.29, 1.82) is 0 Å². The third-order valence-corrected chi connectivity index (χ3v) is 14.8. The molecule has 54 heavy (non-hydrogen) atoms. The number of benzene rings is 9. The van der Waals surface area contributed by atoms with Gasteiger partial charge < -0.3 is 0 Å². The molecule has 9 aromatic carbocycles. The van der Waals surface area contributed by atoms with Crippen LogP contribution in [-0.2, 0) is 5.41 Å². The summed E-state index contributed by atoms with van der Waals surface area (Å²) in [7, 11) is 0. The lowest BCUT2D eigenvalue weighted by Gasteiger charge is -2.61. The molecule has 14 rings (SSSR count). The lowest BCUT2D eigenvalue weighted by atomic mass is 9.43. The molecule has 0 atom stereocenters. The summed E-state index contributed by atoms with van der Waals surface area (Å²) in [5.41, 5.74) is 11.8. The Labute approximate surface area is 316 Å². The first-order valence-electron chi connectivity index (χ1n) is 20.3. The van der Waals surface area contributed by atoms with Crippen LogP contribution in [0.4, 0.5) is 0 Å². The quantitative estimate of drug-likeness (QED) is 0.159. The molecule has 0 nitrogen and oxygen atoms in total. The Kier molecular flexibility index (Phi) is 5.89. The minimum absolute atomic E-state index is 0.0500.